The fraction of sp³-hybridized carbons (Fsp3) is 0.273. The Morgan fingerprint density at radius 1 is 1.00 bits per heavy atom. The highest BCUT2D eigenvalue weighted by atomic mass is 79.9. The number of imidazole rings is 2. The van der Waals surface area contributed by atoms with Crippen LogP contribution in [0, 0.1) is 0 Å². The van der Waals surface area contributed by atoms with Crippen LogP contribution in [-0.4, -0.2) is 52.1 Å². The van der Waals surface area contributed by atoms with E-state index >= 15 is 0 Å². The average Bonchev–Trinajstić information content (AvgIpc) is 3.22. The summed E-state index contributed by atoms with van der Waals surface area (Å²) in [5.41, 5.74) is 4.03. The zero-order chi connectivity index (χ0) is 19.7. The molecule has 0 radical (unpaired) electrons. The maximum Gasteiger partial charge on any atom is 0.357 e. The van der Waals surface area contributed by atoms with Gasteiger partial charge in [-0.05, 0) is 33.2 Å². The van der Waals surface area contributed by atoms with Crippen LogP contribution in [0.1, 0.15) is 17.4 Å². The van der Waals surface area contributed by atoms with E-state index in [1.165, 1.54) is 0 Å². The predicted molar refractivity (Wildman–Crippen MR) is 131 cm³/mol. The van der Waals surface area contributed by atoms with Gasteiger partial charge in [-0.3, -0.25) is 4.40 Å². The van der Waals surface area contributed by atoms with Crippen LogP contribution in [0.3, 0.4) is 0 Å². The molecule has 30 heavy (non-hydrogen) atoms. The minimum absolute atomic E-state index is 0. The van der Waals surface area contributed by atoms with Gasteiger partial charge in [-0.15, -0.1) is 34.0 Å². The quantitative estimate of drug-likeness (QED) is 0.330. The van der Waals surface area contributed by atoms with E-state index in [1.54, 1.807) is 0 Å². The molecule has 6 nitrogen and oxygen atoms in total. The lowest BCUT2D eigenvalue weighted by atomic mass is 10.1. The van der Waals surface area contributed by atoms with Crippen LogP contribution in [0.5, 0.6) is 0 Å². The normalized spacial score (nSPS) is 10.8. The summed E-state index contributed by atoms with van der Waals surface area (Å²) >= 11 is 0. The molecule has 0 bridgehead atoms. The summed E-state index contributed by atoms with van der Waals surface area (Å²) in [5, 5.41) is 0. The van der Waals surface area contributed by atoms with Crippen molar-refractivity contribution in [3.63, 3.8) is 0 Å². The monoisotopic (exact) mass is 536 g/mol. The van der Waals surface area contributed by atoms with Crippen LogP contribution >= 0.6 is 34.0 Å². The van der Waals surface area contributed by atoms with Crippen molar-refractivity contribution >= 4 is 56.7 Å². The minimum atomic E-state index is -0.357. The molecule has 8 heteroatoms. The first-order valence-corrected chi connectivity index (χ1v) is 9.48. The number of halogens is 2. The highest BCUT2D eigenvalue weighted by molar-refractivity contribution is 8.93. The molecule has 0 atom stereocenters. The van der Waals surface area contributed by atoms with Crippen LogP contribution < -0.4 is 0 Å². The van der Waals surface area contributed by atoms with Crippen LogP contribution in [0.2, 0.25) is 0 Å². The van der Waals surface area contributed by atoms with Crippen molar-refractivity contribution in [2.45, 2.75) is 13.5 Å². The Morgan fingerprint density at radius 3 is 2.27 bits per heavy atom. The number of carbonyl (C=O) groups excluding carboxylic acids is 1. The van der Waals surface area contributed by atoms with E-state index in [1.807, 2.05) is 74.0 Å². The first-order chi connectivity index (χ1) is 13.6. The smallest absolute Gasteiger partial charge is 0.357 e. The molecule has 0 saturated heterocycles. The molecule has 2 aromatic carbocycles. The average molecular weight is 538 g/mol. The second-order valence-electron chi connectivity index (χ2n) is 6.97. The van der Waals surface area contributed by atoms with E-state index in [2.05, 4.69) is 15.5 Å². The van der Waals surface area contributed by atoms with Gasteiger partial charge in [0.25, 0.3) is 0 Å². The van der Waals surface area contributed by atoms with Crippen molar-refractivity contribution in [2.75, 3.05) is 27.2 Å². The Hall–Kier alpha value is -2.16. The van der Waals surface area contributed by atoms with E-state index in [9.17, 15) is 4.79 Å². The molecule has 4 aromatic rings. The molecular weight excluding hydrogens is 512 g/mol. The lowest BCUT2D eigenvalue weighted by molar-refractivity contribution is 0.0519. The summed E-state index contributed by atoms with van der Waals surface area (Å²) in [6, 6.07) is 17.9. The van der Waals surface area contributed by atoms with Crippen LogP contribution in [-0.2, 0) is 11.3 Å². The second-order valence-corrected chi connectivity index (χ2v) is 6.97. The molecule has 0 saturated carbocycles. The van der Waals surface area contributed by atoms with Crippen LogP contribution in [0.4, 0.5) is 0 Å². The first-order valence-electron chi connectivity index (χ1n) is 9.48. The molecule has 0 unspecified atom stereocenters. The van der Waals surface area contributed by atoms with Crippen molar-refractivity contribution in [2.24, 2.45) is 0 Å². The Balaban J connectivity index is 0.00000160. The Labute approximate surface area is 197 Å². The van der Waals surface area contributed by atoms with Gasteiger partial charge < -0.3 is 14.2 Å². The third-order valence-corrected chi connectivity index (χ3v) is 4.80. The van der Waals surface area contributed by atoms with E-state index in [4.69, 9.17) is 9.72 Å². The number of benzene rings is 2. The molecule has 0 N–H and O–H groups in total. The van der Waals surface area contributed by atoms with E-state index in [0.717, 1.165) is 35.5 Å². The zero-order valence-corrected chi connectivity index (χ0v) is 20.7. The number of carbonyl (C=O) groups is 1. The van der Waals surface area contributed by atoms with Gasteiger partial charge in [0, 0.05) is 18.7 Å². The molecule has 160 valence electrons. The number of rotatable bonds is 6. The molecule has 0 aliphatic carbocycles. The maximum atomic E-state index is 12.9. The van der Waals surface area contributed by atoms with Crippen molar-refractivity contribution in [1.29, 1.82) is 0 Å². The van der Waals surface area contributed by atoms with Crippen LogP contribution in [0.25, 0.3) is 28.1 Å². The number of hydrogen-bond acceptors (Lipinski definition) is 4. The largest absolute Gasteiger partial charge is 0.461 e. The minimum Gasteiger partial charge on any atom is -0.461 e. The van der Waals surface area contributed by atoms with Crippen molar-refractivity contribution < 1.29 is 9.53 Å². The lowest BCUT2D eigenvalue weighted by Gasteiger charge is -2.10. The van der Waals surface area contributed by atoms with Gasteiger partial charge in [0.2, 0.25) is 5.78 Å². The van der Waals surface area contributed by atoms with Gasteiger partial charge in [-0.25, -0.2) is 9.78 Å². The van der Waals surface area contributed by atoms with E-state index in [0.29, 0.717) is 18.0 Å². The summed E-state index contributed by atoms with van der Waals surface area (Å²) in [7, 11) is 4.10. The number of hydrogen-bond donors (Lipinski definition) is 0. The fourth-order valence-corrected chi connectivity index (χ4v) is 3.51. The predicted octanol–water partition coefficient (Wildman–Crippen LogP) is 4.85. The Bertz CT molecular complexity index is 1140. The summed E-state index contributed by atoms with van der Waals surface area (Å²) < 4.78 is 9.50. The Kier molecular flexibility index (Phi) is 8.23. The summed E-state index contributed by atoms with van der Waals surface area (Å²) in [6.07, 6.45) is 0. The van der Waals surface area contributed by atoms with Gasteiger partial charge in [0.1, 0.15) is 5.69 Å². The van der Waals surface area contributed by atoms with E-state index in [-0.39, 0.29) is 39.9 Å². The molecule has 2 heterocycles. The zero-order valence-electron chi connectivity index (χ0n) is 17.2. The van der Waals surface area contributed by atoms with Gasteiger partial charge in [0.05, 0.1) is 17.6 Å². The standard InChI is InChI=1S/C22H24N4O2.2BrH/c1-4-28-21(27)20-19(16-10-6-5-7-11-16)23-22-25(15-14-24(2)3)17-12-8-9-13-18(17)26(20)22;;/h5-13H,4,14-15H2,1-3H3;2*1H. The third kappa shape index (κ3) is 4.31. The summed E-state index contributed by atoms with van der Waals surface area (Å²) in [4.78, 5) is 20.0. The fourth-order valence-electron chi connectivity index (χ4n) is 3.51. The number of nitrogens with zero attached hydrogens (tertiary/aromatic N) is 4. The number of fused-ring (bicyclic) bond motifs is 3. The number of ether oxygens (including phenoxy) is 1. The molecule has 0 aliphatic rings. The number of likely N-dealkylation sites (N-methyl/N-ethyl adjacent to an activating group) is 1. The molecule has 0 aliphatic heterocycles. The highest BCUT2D eigenvalue weighted by Crippen LogP contribution is 2.30. The molecular formula is C22H26Br2N4O2. The maximum absolute atomic E-state index is 12.9. The SMILES string of the molecule is Br.Br.CCOC(=O)c1c(-c2ccccc2)nc2n(CCN(C)C)c3ccccc3n12. The van der Waals surface area contributed by atoms with E-state index < -0.39 is 0 Å². The summed E-state index contributed by atoms with van der Waals surface area (Å²) in [6.45, 7) is 3.78. The topological polar surface area (TPSA) is 51.8 Å². The number of aromatic nitrogens is 3. The van der Waals surface area contributed by atoms with Crippen molar-refractivity contribution in [1.82, 2.24) is 18.9 Å². The van der Waals surface area contributed by atoms with Crippen LogP contribution in [0.15, 0.2) is 54.6 Å². The molecule has 0 fully saturated rings. The summed E-state index contributed by atoms with van der Waals surface area (Å²) in [5.74, 6) is 0.398. The second kappa shape index (κ2) is 10.2. The third-order valence-electron chi connectivity index (χ3n) is 4.80. The first kappa shape index (κ1) is 24.1. The molecule has 4 rings (SSSR count). The van der Waals surface area contributed by atoms with Gasteiger partial charge in [-0.1, -0.05) is 42.5 Å². The van der Waals surface area contributed by atoms with Gasteiger partial charge >= 0.3 is 5.97 Å². The molecule has 2 aromatic heterocycles. The van der Waals surface area contributed by atoms with Crippen molar-refractivity contribution in [3.8, 4) is 11.3 Å². The Morgan fingerprint density at radius 2 is 1.63 bits per heavy atom. The molecule has 0 spiro atoms. The number of esters is 1. The lowest BCUT2D eigenvalue weighted by Crippen LogP contribution is -2.18. The van der Waals surface area contributed by atoms with Crippen molar-refractivity contribution in [3.05, 3.63) is 60.3 Å². The highest BCUT2D eigenvalue weighted by Gasteiger charge is 2.26. The molecule has 0 amide bonds. The van der Waals surface area contributed by atoms with Gasteiger partial charge in [0.15, 0.2) is 5.69 Å². The number of para-hydroxylation sites is 2. The van der Waals surface area contributed by atoms with Gasteiger partial charge in [-0.2, -0.15) is 0 Å².